The van der Waals surface area contributed by atoms with E-state index in [0.717, 1.165) is 6.42 Å². The van der Waals surface area contributed by atoms with Crippen molar-refractivity contribution >= 4 is 0 Å². The largest absolute Gasteiger partial charge is 0.353 e. The lowest BCUT2D eigenvalue weighted by Gasteiger charge is -2.38. The molecule has 0 amide bonds. The molecule has 3 nitrogen and oxygen atoms in total. The molecular formula is C19H23NO2. The van der Waals surface area contributed by atoms with Crippen LogP contribution < -0.4 is 5.32 Å². The van der Waals surface area contributed by atoms with E-state index in [4.69, 9.17) is 9.47 Å². The normalized spacial score (nSPS) is 18.8. The molecule has 0 aromatic heterocycles. The Morgan fingerprint density at radius 3 is 2.18 bits per heavy atom. The highest BCUT2D eigenvalue weighted by Crippen LogP contribution is 2.23. The lowest BCUT2D eigenvalue weighted by Crippen LogP contribution is -2.54. The summed E-state index contributed by atoms with van der Waals surface area (Å²) in [6.45, 7) is 3.90. The van der Waals surface area contributed by atoms with Crippen molar-refractivity contribution < 1.29 is 9.47 Å². The number of hydrogen-bond donors (Lipinski definition) is 1. The van der Waals surface area contributed by atoms with E-state index in [2.05, 4.69) is 72.9 Å². The average molecular weight is 297 g/mol. The summed E-state index contributed by atoms with van der Waals surface area (Å²) in [6, 6.07) is 21.4. The van der Waals surface area contributed by atoms with Crippen LogP contribution in [0.3, 0.4) is 0 Å². The fourth-order valence-electron chi connectivity index (χ4n) is 2.93. The first kappa shape index (κ1) is 15.2. The van der Waals surface area contributed by atoms with Gasteiger partial charge in [-0.15, -0.1) is 0 Å². The Morgan fingerprint density at radius 1 is 0.955 bits per heavy atom. The van der Waals surface area contributed by atoms with Gasteiger partial charge in [-0.25, -0.2) is 0 Å². The second-order valence-electron chi connectivity index (χ2n) is 6.17. The molecule has 0 aliphatic carbocycles. The van der Waals surface area contributed by atoms with E-state index in [1.807, 2.05) is 0 Å². The zero-order valence-electron chi connectivity index (χ0n) is 13.0. The zero-order valence-corrected chi connectivity index (χ0v) is 13.0. The van der Waals surface area contributed by atoms with Crippen LogP contribution in [0, 0.1) is 0 Å². The van der Waals surface area contributed by atoms with Crippen molar-refractivity contribution in [1.82, 2.24) is 5.32 Å². The summed E-state index contributed by atoms with van der Waals surface area (Å²) >= 11 is 0. The summed E-state index contributed by atoms with van der Waals surface area (Å²) in [5, 5.41) is 3.75. The number of nitrogens with one attached hydrogen (secondary N) is 1. The van der Waals surface area contributed by atoms with Crippen LogP contribution in [0.2, 0.25) is 0 Å². The third-order valence-electron chi connectivity index (χ3n) is 4.02. The predicted octanol–water partition coefficient (Wildman–Crippen LogP) is 3.32. The Bertz CT molecular complexity index is 565. The molecule has 0 spiro atoms. The molecule has 116 valence electrons. The third kappa shape index (κ3) is 3.95. The van der Waals surface area contributed by atoms with Gasteiger partial charge in [0.15, 0.2) is 0 Å². The van der Waals surface area contributed by atoms with E-state index in [-0.39, 0.29) is 11.6 Å². The maximum Gasteiger partial charge on any atom is 0.146 e. The zero-order chi connectivity index (χ0) is 15.3. The van der Waals surface area contributed by atoms with E-state index >= 15 is 0 Å². The summed E-state index contributed by atoms with van der Waals surface area (Å²) in [7, 11) is 0. The first-order valence-electron chi connectivity index (χ1n) is 7.77. The van der Waals surface area contributed by atoms with Gasteiger partial charge >= 0.3 is 0 Å². The number of benzene rings is 2. The van der Waals surface area contributed by atoms with E-state index in [1.165, 1.54) is 11.1 Å². The van der Waals surface area contributed by atoms with Gasteiger partial charge in [-0.05, 0) is 24.5 Å². The smallest absolute Gasteiger partial charge is 0.146 e. The molecule has 0 radical (unpaired) electrons. The van der Waals surface area contributed by atoms with Gasteiger partial charge in [0.2, 0.25) is 0 Å². The standard InChI is InChI=1S/C19H23NO2/c1-19(13-21-15-22-14-19)20-18(17-10-6-3-7-11-17)12-16-8-4-2-5-9-16/h2-11,18,20H,12-15H2,1H3/t18-/m0/s1. The van der Waals surface area contributed by atoms with Crippen molar-refractivity contribution in [2.45, 2.75) is 24.9 Å². The van der Waals surface area contributed by atoms with Gasteiger partial charge in [-0.3, -0.25) is 0 Å². The van der Waals surface area contributed by atoms with Crippen molar-refractivity contribution in [2.75, 3.05) is 20.0 Å². The van der Waals surface area contributed by atoms with E-state index in [1.54, 1.807) is 0 Å². The molecule has 1 aliphatic heterocycles. The molecule has 1 fully saturated rings. The summed E-state index contributed by atoms with van der Waals surface area (Å²) in [5.41, 5.74) is 2.45. The van der Waals surface area contributed by atoms with Crippen molar-refractivity contribution in [3.8, 4) is 0 Å². The van der Waals surface area contributed by atoms with Crippen LogP contribution in [0.4, 0.5) is 0 Å². The Balaban J connectivity index is 1.80. The maximum atomic E-state index is 5.49. The van der Waals surface area contributed by atoms with Crippen LogP contribution in [-0.4, -0.2) is 25.5 Å². The minimum absolute atomic E-state index is 0.159. The second kappa shape index (κ2) is 7.05. The highest BCUT2D eigenvalue weighted by atomic mass is 16.7. The van der Waals surface area contributed by atoms with Gasteiger partial charge in [-0.1, -0.05) is 60.7 Å². The Kier molecular flexibility index (Phi) is 4.88. The number of hydrogen-bond acceptors (Lipinski definition) is 3. The summed E-state index contributed by atoms with van der Waals surface area (Å²) in [4.78, 5) is 0. The minimum atomic E-state index is -0.159. The monoisotopic (exact) mass is 297 g/mol. The average Bonchev–Trinajstić information content (AvgIpc) is 2.56. The van der Waals surface area contributed by atoms with Crippen molar-refractivity contribution in [1.29, 1.82) is 0 Å². The fourth-order valence-corrected chi connectivity index (χ4v) is 2.93. The molecule has 0 saturated carbocycles. The molecule has 1 heterocycles. The van der Waals surface area contributed by atoms with Gasteiger partial charge in [0.1, 0.15) is 6.79 Å². The summed E-state index contributed by atoms with van der Waals surface area (Å²) < 4.78 is 11.0. The molecule has 2 aromatic rings. The molecule has 1 saturated heterocycles. The minimum Gasteiger partial charge on any atom is -0.353 e. The quantitative estimate of drug-likeness (QED) is 0.918. The highest BCUT2D eigenvalue weighted by Gasteiger charge is 2.31. The lowest BCUT2D eigenvalue weighted by atomic mass is 9.94. The van der Waals surface area contributed by atoms with Gasteiger partial charge in [0.05, 0.1) is 18.8 Å². The molecular weight excluding hydrogens is 274 g/mol. The summed E-state index contributed by atoms with van der Waals surface area (Å²) in [6.07, 6.45) is 0.945. The van der Waals surface area contributed by atoms with Gasteiger partial charge in [0.25, 0.3) is 0 Å². The first-order valence-corrected chi connectivity index (χ1v) is 7.77. The molecule has 1 atom stereocenters. The molecule has 0 bridgehead atoms. The number of rotatable bonds is 5. The molecule has 1 N–H and O–H groups in total. The van der Waals surface area contributed by atoms with Crippen molar-refractivity contribution in [3.63, 3.8) is 0 Å². The van der Waals surface area contributed by atoms with Gasteiger partial charge in [-0.2, -0.15) is 0 Å². The Hall–Kier alpha value is -1.68. The van der Waals surface area contributed by atoms with Crippen molar-refractivity contribution in [3.05, 3.63) is 71.8 Å². The predicted molar refractivity (Wildman–Crippen MR) is 87.6 cm³/mol. The first-order chi connectivity index (χ1) is 10.8. The molecule has 3 heteroatoms. The Morgan fingerprint density at radius 2 is 1.55 bits per heavy atom. The maximum absolute atomic E-state index is 5.49. The molecule has 2 aromatic carbocycles. The van der Waals surface area contributed by atoms with Crippen LogP contribution in [0.15, 0.2) is 60.7 Å². The molecule has 22 heavy (non-hydrogen) atoms. The van der Waals surface area contributed by atoms with Crippen molar-refractivity contribution in [2.24, 2.45) is 0 Å². The third-order valence-corrected chi connectivity index (χ3v) is 4.02. The van der Waals surface area contributed by atoms with Crippen LogP contribution in [0.1, 0.15) is 24.1 Å². The van der Waals surface area contributed by atoms with Crippen LogP contribution in [-0.2, 0) is 15.9 Å². The fraction of sp³-hybridized carbons (Fsp3) is 0.368. The molecule has 3 rings (SSSR count). The van der Waals surface area contributed by atoms with Crippen LogP contribution in [0.25, 0.3) is 0 Å². The topological polar surface area (TPSA) is 30.5 Å². The van der Waals surface area contributed by atoms with Crippen LogP contribution in [0.5, 0.6) is 0 Å². The van der Waals surface area contributed by atoms with E-state index < -0.39 is 0 Å². The van der Waals surface area contributed by atoms with E-state index in [0.29, 0.717) is 20.0 Å². The number of ether oxygens (including phenoxy) is 2. The summed E-state index contributed by atoms with van der Waals surface area (Å²) in [5.74, 6) is 0. The SMILES string of the molecule is CC1(N[C@@H](Cc2ccccc2)c2ccccc2)COCOC1. The van der Waals surface area contributed by atoms with E-state index in [9.17, 15) is 0 Å². The highest BCUT2D eigenvalue weighted by molar-refractivity contribution is 5.24. The molecule has 0 unspecified atom stereocenters. The van der Waals surface area contributed by atoms with Crippen LogP contribution >= 0.6 is 0 Å². The molecule has 1 aliphatic rings. The van der Waals surface area contributed by atoms with Gasteiger partial charge < -0.3 is 14.8 Å². The Labute approximate surface area is 132 Å². The second-order valence-corrected chi connectivity index (χ2v) is 6.17. The lowest BCUT2D eigenvalue weighted by molar-refractivity contribution is -0.141. The van der Waals surface area contributed by atoms with Gasteiger partial charge in [0, 0.05) is 6.04 Å².